The van der Waals surface area contributed by atoms with Gasteiger partial charge in [-0.05, 0) is 125 Å². The van der Waals surface area contributed by atoms with Crippen molar-refractivity contribution in [2.24, 2.45) is 63.8 Å². The van der Waals surface area contributed by atoms with Crippen LogP contribution >= 0.6 is 0 Å². The summed E-state index contributed by atoms with van der Waals surface area (Å²) >= 11 is 0. The minimum absolute atomic E-state index is 0.0127. The van der Waals surface area contributed by atoms with Crippen LogP contribution in [0.25, 0.3) is 0 Å². The van der Waals surface area contributed by atoms with E-state index in [-0.39, 0.29) is 108 Å². The zero-order valence-electron chi connectivity index (χ0n) is 76.6. The fourth-order valence-corrected chi connectivity index (χ4v) is 13.4. The number of H-pyrrole nitrogens is 1. The van der Waals surface area contributed by atoms with Gasteiger partial charge in [-0.15, -0.1) is 0 Å². The maximum Gasteiger partial charge on any atom is 0.245 e. The van der Waals surface area contributed by atoms with E-state index in [1.165, 1.54) is 57.6 Å². The van der Waals surface area contributed by atoms with E-state index in [0.29, 0.717) is 16.8 Å². The van der Waals surface area contributed by atoms with Gasteiger partial charge in [-0.25, -0.2) is 4.98 Å². The van der Waals surface area contributed by atoms with Crippen LogP contribution in [0, 0.1) is 39.9 Å². The highest BCUT2D eigenvalue weighted by atomic mass is 16.3. The van der Waals surface area contributed by atoms with Crippen LogP contribution in [0.5, 0.6) is 5.75 Å². The number of imidazole rings is 1. The number of nitrogens with one attached hydrogen (secondary N) is 21. The Hall–Kier alpha value is -13.9. The number of carbonyl (C=O) groups is 17. The molecule has 1 heterocycles. The lowest BCUT2D eigenvalue weighted by Crippen LogP contribution is -2.63. The second kappa shape index (κ2) is 58.0. The van der Waals surface area contributed by atoms with Gasteiger partial charge in [-0.2, -0.15) is 0 Å². The highest BCUT2D eigenvalue weighted by Gasteiger charge is 2.41. The Kier molecular flexibility index (Phi) is 49.4. The summed E-state index contributed by atoms with van der Waals surface area (Å²) in [6, 6.07) is -9.63. The van der Waals surface area contributed by atoms with Crippen LogP contribution in [0.4, 0.5) is 0 Å². The van der Waals surface area contributed by atoms with Crippen LogP contribution in [0.1, 0.15) is 163 Å². The molecule has 3 rings (SSSR count). The number of rotatable bonds is 61. The van der Waals surface area contributed by atoms with Crippen molar-refractivity contribution in [1.29, 1.82) is 16.2 Å². The number of amides is 17. The van der Waals surface area contributed by atoms with Crippen molar-refractivity contribution in [2.45, 2.75) is 262 Å². The lowest BCUT2D eigenvalue weighted by molar-refractivity contribution is -0.138. The Bertz CT molecular complexity index is 4410. The summed E-state index contributed by atoms with van der Waals surface area (Å²) in [6.45, 7) is 14.7. The minimum Gasteiger partial charge on any atom is -0.508 e. The molecule has 0 aliphatic carbocycles. The van der Waals surface area contributed by atoms with E-state index in [9.17, 15) is 92.0 Å². The fourth-order valence-electron chi connectivity index (χ4n) is 13.4. The molecule has 17 amide bonds. The summed E-state index contributed by atoms with van der Waals surface area (Å²) in [5.74, 6) is -20.7. The van der Waals surface area contributed by atoms with Gasteiger partial charge >= 0.3 is 0 Å². The molecule has 0 aliphatic rings. The van der Waals surface area contributed by atoms with E-state index >= 15 is 4.79 Å². The number of aromatic hydroxyl groups is 1. The predicted octanol–water partition coefficient (Wildman–Crippen LogP) is -8.14. The Morgan fingerprint density at radius 1 is 0.376 bits per heavy atom. The van der Waals surface area contributed by atoms with E-state index < -0.39 is 259 Å². The number of nitrogens with zero attached hydrogens (tertiary/aromatic N) is 1. The molecule has 16 atom stereocenters. The van der Waals surface area contributed by atoms with Gasteiger partial charge in [-0.1, -0.05) is 97.9 Å². The quantitative estimate of drug-likeness (QED) is 0.0142. The molecule has 0 aliphatic heterocycles. The van der Waals surface area contributed by atoms with Crippen molar-refractivity contribution in [3.63, 3.8) is 0 Å². The van der Waals surface area contributed by atoms with E-state index in [4.69, 9.17) is 56.4 Å². The normalized spacial score (nSPS) is 14.8. The number of aliphatic hydroxyl groups excluding tert-OH is 2. The molecular formula is C84H137N29O20. The SMILES string of the molecule is CC(C)C[C@H](NC(=O)[C@H](CO)NC(=O)[C@H](C)N)C(=O)N[C@@H](CCCNC(=N)N)C(=O)N[C@@H](Cc1cnc[nH]1)C(=O)N[C@@H](Cc1ccccc1)C(=O)N[C@@H](CC(C)C)C(=O)N[C@@H](CC(N)=O)C(=O)N[C@@H](CC(C)C)C(=O)N[C@H](C(=O)N[C@H](C(=O)N[C@@H](CCCNC(=N)N)C(=O)N[C@@H](CCC(N)=O)C(=O)N[C@@H](CCCNC(=N)N)C(=O)N[C@@H](Cc1ccc(O)cc1)C(N)=O)[C@@H](C)O)C(C)C. The number of nitrogens with two attached hydrogens (primary N) is 7. The molecule has 0 unspecified atom stereocenters. The zero-order valence-corrected chi connectivity index (χ0v) is 76.6. The van der Waals surface area contributed by atoms with Crippen LogP contribution in [0.15, 0.2) is 67.1 Å². The van der Waals surface area contributed by atoms with Gasteiger partial charge in [0.1, 0.15) is 90.3 Å². The number of primary amides is 3. The van der Waals surface area contributed by atoms with Crippen molar-refractivity contribution < 1.29 is 96.8 Å². The number of phenols is 1. The average Bonchev–Trinajstić information content (AvgIpc) is 0.980. The molecule has 49 heteroatoms. The number of benzene rings is 2. The summed E-state index contributed by atoms with van der Waals surface area (Å²) in [5.41, 5.74) is 40.3. The molecule has 3 aromatic rings. The van der Waals surface area contributed by atoms with Gasteiger partial charge in [0.15, 0.2) is 17.9 Å². The molecular weight excluding hydrogens is 1740 g/mol. The summed E-state index contributed by atoms with van der Waals surface area (Å²) in [4.78, 5) is 246. The Morgan fingerprint density at radius 2 is 0.707 bits per heavy atom. The second-order valence-electron chi connectivity index (χ2n) is 33.9. The van der Waals surface area contributed by atoms with E-state index in [0.717, 1.165) is 6.92 Å². The third-order valence-corrected chi connectivity index (χ3v) is 20.3. The first-order valence-electron chi connectivity index (χ1n) is 43.7. The molecule has 0 fully saturated rings. The van der Waals surface area contributed by atoms with E-state index in [2.05, 4.69) is 100 Å². The van der Waals surface area contributed by atoms with Crippen LogP contribution < -0.4 is 131 Å². The monoisotopic (exact) mass is 1870 g/mol. The molecule has 1 aromatic heterocycles. The molecule has 133 heavy (non-hydrogen) atoms. The standard InChI is InChI=1S/C84H137N29O20/c1-41(2)31-56(107-79(131)62(39-114)111-68(120)45(9)85)73(125)101-52(20-15-29-97-83(91)92)71(123)109-60(36-49-38-95-40-99-49)76(128)108-59(35-47-17-12-11-13-18-47)75(127)105-57(32-42(3)4)74(126)110-61(37-64(87)118)77(129)106-58(33-43(5)6)78(130)112-65(44(7)8)80(132)113-66(46(10)115)81(133)103-53(21-16-30-98-84(93)94)69(121)102-54(26-27-63(86)117)72(124)100-51(19-14-28-96-82(89)90)70(122)104-55(67(88)119)34-48-22-24-50(116)25-23-48/h11-13,17-18,22-25,38,40-46,51-62,65-66,114-116H,14-16,19-21,26-37,39,85H2,1-10H3,(H2,86,117)(H2,87,118)(H2,88,119)(H,95,99)(H,100,124)(H,101,125)(H,102,121)(H,103,133)(H,104,122)(H,105,127)(H,106,129)(H,107,131)(H,108,128)(H,109,123)(H,110,126)(H,111,120)(H,112,130)(H,113,132)(H4,89,90,96)(H4,91,92,97)(H4,93,94,98)/t45-,46+,51-,52-,53-,54-,55-,56-,57-,58-,59-,60-,61-,62-,65-,66-/m0/s1. The van der Waals surface area contributed by atoms with E-state index in [1.807, 2.05) is 0 Å². The highest BCUT2D eigenvalue weighted by Crippen LogP contribution is 2.18. The maximum atomic E-state index is 15.0. The lowest BCUT2D eigenvalue weighted by Gasteiger charge is -2.30. The summed E-state index contributed by atoms with van der Waals surface area (Å²) < 4.78 is 0. The highest BCUT2D eigenvalue weighted by molar-refractivity contribution is 6.02. The molecule has 38 N–H and O–H groups in total. The van der Waals surface area contributed by atoms with Gasteiger partial charge < -0.3 is 151 Å². The van der Waals surface area contributed by atoms with Crippen molar-refractivity contribution in [3.05, 3.63) is 83.9 Å². The van der Waals surface area contributed by atoms with Crippen LogP contribution in [0.3, 0.4) is 0 Å². The number of phenolic OH excluding ortho intramolecular Hbond substituents is 1. The number of carbonyl (C=O) groups excluding carboxylic acids is 17. The number of hydrogen-bond acceptors (Lipinski definition) is 25. The molecule has 0 saturated carbocycles. The molecule has 49 nitrogen and oxygen atoms in total. The number of aromatic amines is 1. The van der Waals surface area contributed by atoms with Crippen LogP contribution in [-0.2, 0) is 101 Å². The third kappa shape index (κ3) is 43.6. The van der Waals surface area contributed by atoms with Crippen molar-refractivity contribution >= 4 is 118 Å². The van der Waals surface area contributed by atoms with Gasteiger partial charge in [0.05, 0.1) is 31.5 Å². The summed E-state index contributed by atoms with van der Waals surface area (Å²) in [7, 11) is 0. The number of aromatic nitrogens is 2. The first kappa shape index (κ1) is 113. The summed E-state index contributed by atoms with van der Waals surface area (Å²) in [5, 5.41) is 97.1. The number of aliphatic hydroxyl groups is 2. The fraction of sp³-hybridized carbons (Fsp3) is 0.583. The van der Waals surface area contributed by atoms with Crippen molar-refractivity contribution in [3.8, 4) is 5.75 Å². The first-order valence-corrected chi connectivity index (χ1v) is 43.7. The lowest BCUT2D eigenvalue weighted by atomic mass is 9.98. The molecule has 2 aromatic carbocycles. The number of hydrogen-bond donors (Lipinski definition) is 31. The molecule has 738 valence electrons. The van der Waals surface area contributed by atoms with Crippen molar-refractivity contribution in [2.75, 3.05) is 26.2 Å². The van der Waals surface area contributed by atoms with Gasteiger partial charge in [-0.3, -0.25) is 97.7 Å². The van der Waals surface area contributed by atoms with E-state index in [1.54, 1.807) is 71.9 Å². The molecule has 0 bridgehead atoms. The van der Waals surface area contributed by atoms with Crippen LogP contribution in [0.2, 0.25) is 0 Å². The second-order valence-corrected chi connectivity index (χ2v) is 33.9. The Morgan fingerprint density at radius 3 is 1.08 bits per heavy atom. The maximum absolute atomic E-state index is 15.0. The third-order valence-electron chi connectivity index (χ3n) is 20.3. The Balaban J connectivity index is 2.01. The minimum atomic E-state index is -1.95. The van der Waals surface area contributed by atoms with Gasteiger partial charge in [0, 0.05) is 57.2 Å². The largest absolute Gasteiger partial charge is 0.508 e. The number of guanidine groups is 3. The first-order chi connectivity index (χ1) is 62.5. The predicted molar refractivity (Wildman–Crippen MR) is 486 cm³/mol. The van der Waals surface area contributed by atoms with Crippen LogP contribution in [-0.4, -0.2) is 267 Å². The van der Waals surface area contributed by atoms with Crippen molar-refractivity contribution in [1.82, 2.24) is 100 Å². The molecule has 0 spiro atoms. The van der Waals surface area contributed by atoms with Gasteiger partial charge in [0.25, 0.3) is 0 Å². The Labute approximate surface area is 770 Å². The van der Waals surface area contributed by atoms with Gasteiger partial charge in [0.2, 0.25) is 100 Å². The summed E-state index contributed by atoms with van der Waals surface area (Å²) in [6.07, 6.45) is -2.76. The molecule has 0 saturated heterocycles. The molecule has 0 radical (unpaired) electrons. The zero-order chi connectivity index (χ0) is 100. The smallest absolute Gasteiger partial charge is 0.245 e. The average molecular weight is 1870 g/mol. The topological polar surface area (TPSA) is 838 Å².